The predicted octanol–water partition coefficient (Wildman–Crippen LogP) is 1.01. The minimum Gasteiger partial charge on any atom is -0.467 e. The second kappa shape index (κ2) is 9.10. The van der Waals surface area contributed by atoms with E-state index in [2.05, 4.69) is 4.74 Å². The molecular weight excluding hydrogens is 480 g/mol. The lowest BCUT2D eigenvalue weighted by Gasteiger charge is -2.60. The van der Waals surface area contributed by atoms with Crippen LogP contribution in [0.5, 0.6) is 0 Å². The van der Waals surface area contributed by atoms with Crippen molar-refractivity contribution < 1.29 is 45.0 Å². The Kier molecular flexibility index (Phi) is 7.04. The van der Waals surface area contributed by atoms with Crippen LogP contribution < -0.4 is 0 Å². The molecule has 11 atom stereocenters. The fraction of sp³-hybridized carbons (Fsp3) is 0.857. The molecule has 4 aliphatic rings. The van der Waals surface area contributed by atoms with Crippen molar-refractivity contribution >= 4 is 11.8 Å². The van der Waals surface area contributed by atoms with E-state index in [1.54, 1.807) is 6.08 Å². The maximum atomic E-state index is 13.3. The third kappa shape index (κ3) is 4.12. The van der Waals surface area contributed by atoms with Gasteiger partial charge < -0.3 is 35.4 Å². The van der Waals surface area contributed by atoms with Crippen molar-refractivity contribution in [2.24, 2.45) is 28.6 Å². The van der Waals surface area contributed by atoms with Crippen LogP contribution in [0.15, 0.2) is 11.6 Å². The van der Waals surface area contributed by atoms with Crippen molar-refractivity contribution in [1.82, 2.24) is 0 Å². The summed E-state index contributed by atoms with van der Waals surface area (Å²) in [5.41, 5.74) is -5.57. The number of carbonyl (C=O) groups is 2. The van der Waals surface area contributed by atoms with E-state index in [0.29, 0.717) is 31.3 Å². The molecule has 9 nitrogen and oxygen atoms in total. The van der Waals surface area contributed by atoms with E-state index in [9.17, 15) is 40.2 Å². The Bertz CT molecular complexity index is 973. The van der Waals surface area contributed by atoms with Crippen LogP contribution >= 0.6 is 0 Å². The highest BCUT2D eigenvalue weighted by Crippen LogP contribution is 2.68. The topological polar surface area (TPSA) is 165 Å². The predicted molar refractivity (Wildman–Crippen MR) is 133 cm³/mol. The van der Waals surface area contributed by atoms with E-state index >= 15 is 0 Å². The summed E-state index contributed by atoms with van der Waals surface area (Å²) in [7, 11) is 1.17. The molecule has 4 aliphatic carbocycles. The number of ether oxygens (including phenoxy) is 1. The lowest BCUT2D eigenvalue weighted by Crippen LogP contribution is -2.62. The SMILES string of the molecule is COC(=O)[C@](C)(O)CC[C@@H](O)[C@@](C)(O)[C@H]1CC[C@]2(O)C3=CC(=O)[C@@H]4C[C@H](O)[C@@H](O)C[C@@]4(C)[C@@H]3CC[C@]12C. The zero-order chi connectivity index (χ0) is 27.8. The quantitative estimate of drug-likeness (QED) is 0.278. The maximum Gasteiger partial charge on any atom is 0.337 e. The van der Waals surface area contributed by atoms with Gasteiger partial charge in [0.25, 0.3) is 0 Å². The Labute approximate surface area is 218 Å². The number of carbonyl (C=O) groups excluding carboxylic acids is 2. The van der Waals surface area contributed by atoms with Gasteiger partial charge in [-0.2, -0.15) is 0 Å². The van der Waals surface area contributed by atoms with Gasteiger partial charge in [0.05, 0.1) is 36.6 Å². The first-order chi connectivity index (χ1) is 17.0. The standard InChI is InChI=1S/C28H44O9/c1-24-14-20(31)19(30)13-17(24)18(29)12-16-15(24)6-9-25(2)21(7-11-28(16,25)36)27(4,35)22(32)8-10-26(3,34)23(33)37-5/h12,15,17,19-22,30-32,34-36H,6-11,13-14H2,1-5H3/t15-,17+,19+,20+,21+,22-,24+,25-,26-,27+,28+/m1/s1. The number of ketones is 1. The number of esters is 1. The number of rotatable bonds is 6. The molecule has 0 amide bonds. The van der Waals surface area contributed by atoms with Gasteiger partial charge in [0, 0.05) is 11.3 Å². The largest absolute Gasteiger partial charge is 0.467 e. The average molecular weight is 525 g/mol. The summed E-state index contributed by atoms with van der Waals surface area (Å²) in [5, 5.41) is 66.0. The van der Waals surface area contributed by atoms with Gasteiger partial charge in [-0.3, -0.25) is 4.79 Å². The van der Waals surface area contributed by atoms with Gasteiger partial charge in [0.1, 0.15) is 0 Å². The van der Waals surface area contributed by atoms with Crippen LogP contribution in [0.4, 0.5) is 0 Å². The van der Waals surface area contributed by atoms with E-state index in [1.165, 1.54) is 21.0 Å². The van der Waals surface area contributed by atoms with Crippen molar-refractivity contribution in [2.45, 2.75) is 114 Å². The minimum absolute atomic E-state index is 0.0517. The highest BCUT2D eigenvalue weighted by atomic mass is 16.5. The number of methoxy groups -OCH3 is 1. The van der Waals surface area contributed by atoms with Gasteiger partial charge in [0.2, 0.25) is 0 Å². The summed E-state index contributed by atoms with van der Waals surface area (Å²) in [4.78, 5) is 25.1. The molecular formula is C28H44O9. The molecule has 37 heavy (non-hydrogen) atoms. The summed E-state index contributed by atoms with van der Waals surface area (Å²) in [6.07, 6.45) is 0.662. The molecule has 0 bridgehead atoms. The molecule has 0 aromatic rings. The van der Waals surface area contributed by atoms with Crippen LogP contribution in [0.3, 0.4) is 0 Å². The summed E-state index contributed by atoms with van der Waals surface area (Å²) >= 11 is 0. The first kappa shape index (κ1) is 28.6. The van der Waals surface area contributed by atoms with Crippen molar-refractivity contribution in [3.8, 4) is 0 Å². The Morgan fingerprint density at radius 1 is 1.14 bits per heavy atom. The van der Waals surface area contributed by atoms with E-state index < -0.39 is 63.8 Å². The fourth-order valence-electron chi connectivity index (χ4n) is 8.57. The molecule has 3 fully saturated rings. The zero-order valence-electron chi connectivity index (χ0n) is 22.6. The van der Waals surface area contributed by atoms with Gasteiger partial charge in [0.15, 0.2) is 11.4 Å². The molecule has 0 aromatic heterocycles. The fourth-order valence-corrected chi connectivity index (χ4v) is 8.57. The Hall–Kier alpha value is -1.36. The van der Waals surface area contributed by atoms with Gasteiger partial charge in [-0.05, 0) is 94.1 Å². The monoisotopic (exact) mass is 524 g/mol. The average Bonchev–Trinajstić information content (AvgIpc) is 3.11. The Balaban J connectivity index is 1.61. The lowest BCUT2D eigenvalue weighted by molar-refractivity contribution is -0.179. The molecule has 9 heteroatoms. The Morgan fingerprint density at radius 3 is 2.41 bits per heavy atom. The number of hydrogen-bond donors (Lipinski definition) is 6. The van der Waals surface area contributed by atoms with Crippen LogP contribution in [0, 0.1) is 28.6 Å². The lowest BCUT2D eigenvalue weighted by atomic mass is 9.45. The Morgan fingerprint density at radius 2 is 1.78 bits per heavy atom. The molecule has 0 unspecified atom stereocenters. The number of aliphatic hydroxyl groups is 6. The zero-order valence-corrected chi connectivity index (χ0v) is 22.6. The van der Waals surface area contributed by atoms with Crippen LogP contribution in [-0.2, 0) is 14.3 Å². The van der Waals surface area contributed by atoms with Crippen LogP contribution in [0.1, 0.15) is 79.1 Å². The molecule has 0 radical (unpaired) electrons. The second-order valence-electron chi connectivity index (χ2n) is 13.1. The first-order valence-corrected chi connectivity index (χ1v) is 13.5. The molecule has 4 rings (SSSR count). The van der Waals surface area contributed by atoms with Crippen LogP contribution in [0.2, 0.25) is 0 Å². The van der Waals surface area contributed by atoms with E-state index in [0.717, 1.165) is 0 Å². The number of allylic oxidation sites excluding steroid dienone is 1. The highest BCUT2D eigenvalue weighted by molar-refractivity contribution is 5.95. The van der Waals surface area contributed by atoms with E-state index in [4.69, 9.17) is 0 Å². The first-order valence-electron chi connectivity index (χ1n) is 13.5. The third-order valence-electron chi connectivity index (χ3n) is 11.0. The molecule has 0 heterocycles. The van der Waals surface area contributed by atoms with Gasteiger partial charge in [-0.15, -0.1) is 0 Å². The third-order valence-corrected chi connectivity index (χ3v) is 11.0. The number of hydrogen-bond acceptors (Lipinski definition) is 9. The van der Waals surface area contributed by atoms with Gasteiger partial charge in [-0.25, -0.2) is 4.79 Å². The molecule has 3 saturated carbocycles. The summed E-state index contributed by atoms with van der Waals surface area (Å²) in [6, 6.07) is 0. The van der Waals surface area contributed by atoms with Gasteiger partial charge >= 0.3 is 5.97 Å². The second-order valence-corrected chi connectivity index (χ2v) is 13.1. The molecule has 0 aliphatic heterocycles. The summed E-state index contributed by atoms with van der Waals surface area (Å²) in [5.74, 6) is -2.03. The maximum absolute atomic E-state index is 13.3. The van der Waals surface area contributed by atoms with E-state index in [1.807, 2.05) is 13.8 Å². The summed E-state index contributed by atoms with van der Waals surface area (Å²) < 4.78 is 4.62. The van der Waals surface area contributed by atoms with Crippen molar-refractivity contribution in [1.29, 1.82) is 0 Å². The van der Waals surface area contributed by atoms with Crippen LogP contribution in [-0.4, -0.2) is 84.6 Å². The number of fused-ring (bicyclic) bond motifs is 5. The summed E-state index contributed by atoms with van der Waals surface area (Å²) in [6.45, 7) is 6.73. The smallest absolute Gasteiger partial charge is 0.337 e. The molecule has 0 saturated heterocycles. The molecule has 210 valence electrons. The minimum atomic E-state index is -1.80. The normalized spacial score (nSPS) is 45.4. The highest BCUT2D eigenvalue weighted by Gasteiger charge is 2.69. The van der Waals surface area contributed by atoms with Crippen molar-refractivity contribution in [2.75, 3.05) is 7.11 Å². The van der Waals surface area contributed by atoms with Gasteiger partial charge in [-0.1, -0.05) is 13.8 Å². The van der Waals surface area contributed by atoms with Crippen molar-refractivity contribution in [3.63, 3.8) is 0 Å². The van der Waals surface area contributed by atoms with E-state index in [-0.39, 0.29) is 37.4 Å². The van der Waals surface area contributed by atoms with Crippen LogP contribution in [0.25, 0.3) is 0 Å². The number of aliphatic hydroxyl groups excluding tert-OH is 3. The van der Waals surface area contributed by atoms with Crippen molar-refractivity contribution in [3.05, 3.63) is 11.6 Å². The molecule has 6 N–H and O–H groups in total. The molecule has 0 aromatic carbocycles. The molecule has 0 spiro atoms.